The van der Waals surface area contributed by atoms with Gasteiger partial charge in [0.05, 0.1) is 10.6 Å². The number of benzene rings is 3. The summed E-state index contributed by atoms with van der Waals surface area (Å²) in [5.41, 5.74) is 2.33. The van der Waals surface area contributed by atoms with Crippen molar-refractivity contribution in [3.63, 3.8) is 0 Å². The molecule has 1 fully saturated rings. The van der Waals surface area contributed by atoms with E-state index in [0.29, 0.717) is 27.2 Å². The number of amides is 2. The minimum atomic E-state index is -0.379. The van der Waals surface area contributed by atoms with Crippen molar-refractivity contribution in [3.8, 4) is 5.75 Å². The summed E-state index contributed by atoms with van der Waals surface area (Å²) < 4.78 is 19.1. The van der Waals surface area contributed by atoms with Crippen molar-refractivity contribution in [3.05, 3.63) is 101 Å². The molecule has 0 radical (unpaired) electrons. The Balaban J connectivity index is 1.33. The maximum atomic E-state index is 13.2. The minimum Gasteiger partial charge on any atom is -0.484 e. The van der Waals surface area contributed by atoms with Crippen LogP contribution in [0.3, 0.4) is 0 Å². The molecule has 0 aromatic heterocycles. The van der Waals surface area contributed by atoms with Gasteiger partial charge in [-0.1, -0.05) is 66.4 Å². The van der Waals surface area contributed by atoms with Gasteiger partial charge in [0, 0.05) is 6.54 Å². The fourth-order valence-electron chi connectivity index (χ4n) is 3.09. The van der Waals surface area contributed by atoms with Crippen molar-refractivity contribution in [1.82, 2.24) is 5.32 Å². The normalized spacial score (nSPS) is 14.6. The number of thiocarbonyl (C=S) groups is 1. The van der Waals surface area contributed by atoms with Crippen LogP contribution in [-0.4, -0.2) is 22.7 Å². The summed E-state index contributed by atoms with van der Waals surface area (Å²) in [5.74, 6) is -0.309. The van der Waals surface area contributed by atoms with Gasteiger partial charge in [-0.15, -0.1) is 0 Å². The van der Waals surface area contributed by atoms with E-state index < -0.39 is 0 Å². The second kappa shape index (κ2) is 10.4. The summed E-state index contributed by atoms with van der Waals surface area (Å²) in [4.78, 5) is 26.7. The van der Waals surface area contributed by atoms with Crippen molar-refractivity contribution in [2.45, 2.75) is 6.54 Å². The Morgan fingerprint density at radius 3 is 2.42 bits per heavy atom. The lowest BCUT2D eigenvalue weighted by Gasteiger charge is -2.14. The Morgan fingerprint density at radius 1 is 1.03 bits per heavy atom. The lowest BCUT2D eigenvalue weighted by molar-refractivity contribution is -0.123. The Morgan fingerprint density at radius 2 is 1.73 bits per heavy atom. The smallest absolute Gasteiger partial charge is 0.270 e. The molecule has 1 aliphatic rings. The van der Waals surface area contributed by atoms with Crippen LogP contribution in [0.25, 0.3) is 6.08 Å². The van der Waals surface area contributed by atoms with Crippen molar-refractivity contribution in [2.75, 3.05) is 11.5 Å². The van der Waals surface area contributed by atoms with E-state index in [1.54, 1.807) is 30.3 Å². The molecule has 8 heteroatoms. The average Bonchev–Trinajstić information content (AvgIpc) is 3.11. The van der Waals surface area contributed by atoms with Gasteiger partial charge < -0.3 is 10.1 Å². The summed E-state index contributed by atoms with van der Waals surface area (Å²) in [6, 6.07) is 22.3. The third-order valence-electron chi connectivity index (χ3n) is 4.76. The highest BCUT2D eigenvalue weighted by molar-refractivity contribution is 8.27. The molecule has 0 spiro atoms. The first kappa shape index (κ1) is 22.7. The number of carbonyl (C=O) groups is 2. The number of rotatable bonds is 7. The number of ether oxygens (including phenoxy) is 1. The first-order valence-corrected chi connectivity index (χ1v) is 11.3. The van der Waals surface area contributed by atoms with E-state index in [9.17, 15) is 14.0 Å². The highest BCUT2D eigenvalue weighted by Gasteiger charge is 2.33. The zero-order valence-electron chi connectivity index (χ0n) is 17.4. The standard InChI is InChI=1S/C25H19FN2O3S2/c26-19-8-10-20(11-9-19)28-24(30)22(33-25(28)32)14-17-6-12-21(13-7-17)31-16-23(29)27-15-18-4-2-1-3-5-18/h1-14H,15-16H2,(H,27,29)/b22-14-. The number of hydrogen-bond donors (Lipinski definition) is 1. The van der Waals surface area contributed by atoms with Crippen LogP contribution in [0.4, 0.5) is 10.1 Å². The summed E-state index contributed by atoms with van der Waals surface area (Å²) in [6.45, 7) is 0.348. The molecule has 33 heavy (non-hydrogen) atoms. The van der Waals surface area contributed by atoms with Gasteiger partial charge in [-0.25, -0.2) is 4.39 Å². The van der Waals surface area contributed by atoms with E-state index in [0.717, 1.165) is 11.1 Å². The summed E-state index contributed by atoms with van der Waals surface area (Å²) in [5, 5.41) is 2.81. The van der Waals surface area contributed by atoms with Crippen LogP contribution in [0.1, 0.15) is 11.1 Å². The molecule has 3 aromatic carbocycles. The molecule has 0 aliphatic carbocycles. The second-order valence-corrected chi connectivity index (χ2v) is 8.79. The van der Waals surface area contributed by atoms with Crippen molar-refractivity contribution >= 4 is 51.9 Å². The number of hydrogen-bond acceptors (Lipinski definition) is 5. The summed E-state index contributed by atoms with van der Waals surface area (Å²) in [6.07, 6.45) is 1.74. The molecule has 1 heterocycles. The predicted molar refractivity (Wildman–Crippen MR) is 132 cm³/mol. The number of nitrogens with zero attached hydrogens (tertiary/aromatic N) is 1. The monoisotopic (exact) mass is 478 g/mol. The Labute approximate surface area is 200 Å². The van der Waals surface area contributed by atoms with Gasteiger partial charge >= 0.3 is 0 Å². The molecular weight excluding hydrogens is 459 g/mol. The van der Waals surface area contributed by atoms with Crippen molar-refractivity contribution < 1.29 is 18.7 Å². The van der Waals surface area contributed by atoms with Crippen molar-refractivity contribution in [2.24, 2.45) is 0 Å². The van der Waals surface area contributed by atoms with Gasteiger partial charge in [-0.2, -0.15) is 0 Å². The topological polar surface area (TPSA) is 58.6 Å². The van der Waals surface area contributed by atoms with Crippen LogP contribution in [0.5, 0.6) is 5.75 Å². The zero-order valence-corrected chi connectivity index (χ0v) is 19.0. The first-order valence-electron chi connectivity index (χ1n) is 10.1. The van der Waals surface area contributed by atoms with Gasteiger partial charge in [-0.3, -0.25) is 14.5 Å². The number of nitrogens with one attached hydrogen (secondary N) is 1. The van der Waals surface area contributed by atoms with Crippen LogP contribution in [0, 0.1) is 5.82 Å². The van der Waals surface area contributed by atoms with E-state index in [4.69, 9.17) is 17.0 Å². The van der Waals surface area contributed by atoms with Crippen LogP contribution in [0.15, 0.2) is 83.8 Å². The van der Waals surface area contributed by atoms with E-state index in [1.165, 1.54) is 40.9 Å². The molecule has 1 N–H and O–H groups in total. The molecule has 1 aliphatic heterocycles. The molecule has 1 saturated heterocycles. The quantitative estimate of drug-likeness (QED) is 0.386. The van der Waals surface area contributed by atoms with E-state index in [-0.39, 0.29) is 24.2 Å². The lowest BCUT2D eigenvalue weighted by Crippen LogP contribution is -2.28. The Kier molecular flexibility index (Phi) is 7.16. The Hall–Kier alpha value is -3.49. The molecule has 0 bridgehead atoms. The molecule has 2 amide bonds. The summed E-state index contributed by atoms with van der Waals surface area (Å²) in [7, 11) is 0. The fraction of sp³-hybridized carbons (Fsp3) is 0.0800. The van der Waals surface area contributed by atoms with Gasteiger partial charge in [0.25, 0.3) is 11.8 Å². The largest absolute Gasteiger partial charge is 0.484 e. The van der Waals surface area contributed by atoms with Gasteiger partial charge in [0.2, 0.25) is 0 Å². The molecule has 3 aromatic rings. The number of carbonyl (C=O) groups excluding carboxylic acids is 2. The van der Waals surface area contributed by atoms with Gasteiger partial charge in [0.1, 0.15) is 11.6 Å². The minimum absolute atomic E-state index is 0.0947. The molecule has 0 unspecified atom stereocenters. The van der Waals surface area contributed by atoms with Gasteiger partial charge in [-0.05, 0) is 53.6 Å². The van der Waals surface area contributed by atoms with Crippen LogP contribution < -0.4 is 15.0 Å². The number of thioether (sulfide) groups is 1. The molecule has 166 valence electrons. The summed E-state index contributed by atoms with van der Waals surface area (Å²) >= 11 is 6.52. The van der Waals surface area contributed by atoms with Crippen LogP contribution in [-0.2, 0) is 16.1 Å². The maximum Gasteiger partial charge on any atom is 0.270 e. The Bertz CT molecular complexity index is 1200. The molecule has 0 atom stereocenters. The predicted octanol–water partition coefficient (Wildman–Crippen LogP) is 4.93. The van der Waals surface area contributed by atoms with Crippen LogP contribution >= 0.6 is 24.0 Å². The first-order chi connectivity index (χ1) is 16.0. The average molecular weight is 479 g/mol. The number of halogens is 1. The third kappa shape index (κ3) is 5.85. The number of anilines is 1. The van der Waals surface area contributed by atoms with Crippen LogP contribution in [0.2, 0.25) is 0 Å². The molecule has 4 rings (SSSR count). The zero-order chi connectivity index (χ0) is 23.2. The lowest BCUT2D eigenvalue weighted by atomic mass is 10.2. The molecule has 5 nitrogen and oxygen atoms in total. The SMILES string of the molecule is O=C(COc1ccc(/C=C2\SC(=S)N(c3ccc(F)cc3)C2=O)cc1)NCc1ccccc1. The van der Waals surface area contributed by atoms with Crippen molar-refractivity contribution in [1.29, 1.82) is 0 Å². The second-order valence-electron chi connectivity index (χ2n) is 7.11. The van der Waals surface area contributed by atoms with E-state index in [2.05, 4.69) is 5.32 Å². The third-order valence-corrected chi connectivity index (χ3v) is 6.06. The molecular formula is C25H19FN2O3S2. The maximum absolute atomic E-state index is 13.2. The fourth-order valence-corrected chi connectivity index (χ4v) is 4.39. The highest BCUT2D eigenvalue weighted by atomic mass is 32.2. The molecule has 0 saturated carbocycles. The van der Waals surface area contributed by atoms with E-state index >= 15 is 0 Å². The highest BCUT2D eigenvalue weighted by Crippen LogP contribution is 2.36. The van der Waals surface area contributed by atoms with E-state index in [1.807, 2.05) is 30.3 Å². The van der Waals surface area contributed by atoms with Gasteiger partial charge in [0.15, 0.2) is 10.9 Å².